The lowest BCUT2D eigenvalue weighted by Gasteiger charge is -2.08. The zero-order valence-corrected chi connectivity index (χ0v) is 7.75. The standard InChI is InChI=1S/C7H13NO3.ClH/c1-8-3-5(2-7(10)11)6(9)4-8;/h5-6,9H,2-4H2,1H3,(H,10,11);1H. The summed E-state index contributed by atoms with van der Waals surface area (Å²) in [5.41, 5.74) is 0. The summed E-state index contributed by atoms with van der Waals surface area (Å²) < 4.78 is 0. The molecule has 1 aliphatic rings. The number of hydrogen-bond donors (Lipinski definition) is 2. The number of hydrogen-bond acceptors (Lipinski definition) is 3. The zero-order chi connectivity index (χ0) is 8.43. The van der Waals surface area contributed by atoms with Crippen molar-refractivity contribution < 1.29 is 15.0 Å². The Morgan fingerprint density at radius 1 is 1.58 bits per heavy atom. The molecule has 0 aliphatic carbocycles. The maximum absolute atomic E-state index is 10.3. The highest BCUT2D eigenvalue weighted by molar-refractivity contribution is 5.85. The average Bonchev–Trinajstić information content (AvgIpc) is 2.09. The molecule has 0 aromatic rings. The van der Waals surface area contributed by atoms with E-state index in [9.17, 15) is 9.90 Å². The summed E-state index contributed by atoms with van der Waals surface area (Å²) in [6.45, 7) is 1.28. The molecule has 0 aromatic heterocycles. The summed E-state index contributed by atoms with van der Waals surface area (Å²) in [7, 11) is 1.88. The van der Waals surface area contributed by atoms with E-state index in [2.05, 4.69) is 0 Å². The number of β-amino-alcohol motifs (C(OH)–C–C–N with tert-alkyl or cyclic N) is 1. The fraction of sp³-hybridized carbons (Fsp3) is 0.857. The van der Waals surface area contributed by atoms with Crippen molar-refractivity contribution in [2.45, 2.75) is 12.5 Å². The van der Waals surface area contributed by atoms with Gasteiger partial charge in [-0.3, -0.25) is 4.79 Å². The van der Waals surface area contributed by atoms with Crippen molar-refractivity contribution in [2.24, 2.45) is 5.92 Å². The Morgan fingerprint density at radius 2 is 2.17 bits per heavy atom. The first-order valence-electron chi connectivity index (χ1n) is 3.68. The normalized spacial score (nSPS) is 29.8. The maximum Gasteiger partial charge on any atom is 0.303 e. The fourth-order valence-corrected chi connectivity index (χ4v) is 1.49. The fourth-order valence-electron chi connectivity index (χ4n) is 1.49. The summed E-state index contributed by atoms with van der Waals surface area (Å²) in [5.74, 6) is -0.915. The predicted molar refractivity (Wildman–Crippen MR) is 46.5 cm³/mol. The number of carboxylic acid groups (broad SMARTS) is 1. The van der Waals surface area contributed by atoms with Gasteiger partial charge in [-0.1, -0.05) is 0 Å². The van der Waals surface area contributed by atoms with Crippen molar-refractivity contribution in [1.29, 1.82) is 0 Å². The number of likely N-dealkylation sites (N-methyl/N-ethyl adjacent to an activating group) is 1. The molecule has 0 aromatic carbocycles. The Kier molecular flexibility index (Phi) is 4.52. The molecular formula is C7H14ClNO3. The van der Waals surface area contributed by atoms with Gasteiger partial charge in [0.25, 0.3) is 0 Å². The van der Waals surface area contributed by atoms with Gasteiger partial charge in [0, 0.05) is 19.0 Å². The smallest absolute Gasteiger partial charge is 0.303 e. The lowest BCUT2D eigenvalue weighted by atomic mass is 10.0. The number of rotatable bonds is 2. The molecule has 0 bridgehead atoms. The molecule has 1 heterocycles. The van der Waals surface area contributed by atoms with E-state index in [1.807, 2.05) is 11.9 Å². The van der Waals surface area contributed by atoms with E-state index in [0.717, 1.165) is 0 Å². The lowest BCUT2D eigenvalue weighted by Crippen LogP contribution is -2.20. The SMILES string of the molecule is CN1CC(O)C(CC(=O)O)C1.Cl. The van der Waals surface area contributed by atoms with E-state index in [-0.39, 0.29) is 24.7 Å². The van der Waals surface area contributed by atoms with Gasteiger partial charge in [0.15, 0.2) is 0 Å². The first kappa shape index (κ1) is 11.7. The second kappa shape index (κ2) is 4.64. The van der Waals surface area contributed by atoms with Crippen LogP contribution in [0, 0.1) is 5.92 Å². The molecule has 0 spiro atoms. The van der Waals surface area contributed by atoms with E-state index >= 15 is 0 Å². The van der Waals surface area contributed by atoms with Gasteiger partial charge in [0.2, 0.25) is 0 Å². The second-order valence-corrected chi connectivity index (χ2v) is 3.15. The Balaban J connectivity index is 0.00000121. The third-order valence-corrected chi connectivity index (χ3v) is 2.03. The highest BCUT2D eigenvalue weighted by Crippen LogP contribution is 2.18. The van der Waals surface area contributed by atoms with Crippen molar-refractivity contribution in [1.82, 2.24) is 4.90 Å². The molecule has 2 atom stereocenters. The van der Waals surface area contributed by atoms with Crippen LogP contribution in [0.3, 0.4) is 0 Å². The number of likely N-dealkylation sites (tertiary alicyclic amines) is 1. The van der Waals surface area contributed by atoms with Crippen molar-refractivity contribution in [3.63, 3.8) is 0 Å². The summed E-state index contributed by atoms with van der Waals surface area (Å²) in [6.07, 6.45) is -0.387. The van der Waals surface area contributed by atoms with Gasteiger partial charge in [-0.05, 0) is 7.05 Å². The van der Waals surface area contributed by atoms with Crippen LogP contribution in [0.4, 0.5) is 0 Å². The van der Waals surface area contributed by atoms with Crippen LogP contribution in [0.25, 0.3) is 0 Å². The number of carbonyl (C=O) groups is 1. The van der Waals surface area contributed by atoms with Gasteiger partial charge in [0.1, 0.15) is 0 Å². The molecule has 12 heavy (non-hydrogen) atoms. The predicted octanol–water partition coefficient (Wildman–Crippen LogP) is -0.195. The topological polar surface area (TPSA) is 60.8 Å². The van der Waals surface area contributed by atoms with Crippen LogP contribution in [0.15, 0.2) is 0 Å². The average molecular weight is 196 g/mol. The molecular weight excluding hydrogens is 182 g/mol. The highest BCUT2D eigenvalue weighted by Gasteiger charge is 2.30. The summed E-state index contributed by atoms with van der Waals surface area (Å²) in [6, 6.07) is 0. The van der Waals surface area contributed by atoms with Gasteiger partial charge in [-0.15, -0.1) is 12.4 Å². The van der Waals surface area contributed by atoms with Crippen LogP contribution in [0.1, 0.15) is 6.42 Å². The minimum atomic E-state index is -0.829. The van der Waals surface area contributed by atoms with E-state index in [4.69, 9.17) is 5.11 Å². The quantitative estimate of drug-likeness (QED) is 0.641. The van der Waals surface area contributed by atoms with Gasteiger partial charge in [-0.25, -0.2) is 0 Å². The van der Waals surface area contributed by atoms with Crippen LogP contribution >= 0.6 is 12.4 Å². The van der Waals surface area contributed by atoms with Crippen LogP contribution in [-0.4, -0.2) is 47.3 Å². The number of carboxylic acids is 1. The second-order valence-electron chi connectivity index (χ2n) is 3.15. The largest absolute Gasteiger partial charge is 0.481 e. The Hall–Kier alpha value is -0.320. The van der Waals surface area contributed by atoms with E-state index in [0.29, 0.717) is 13.1 Å². The summed E-state index contributed by atoms with van der Waals surface area (Å²) in [5, 5.41) is 17.8. The van der Waals surface area contributed by atoms with Crippen molar-refractivity contribution in [3.8, 4) is 0 Å². The molecule has 1 fully saturated rings. The van der Waals surface area contributed by atoms with E-state index < -0.39 is 12.1 Å². The van der Waals surface area contributed by atoms with E-state index in [1.165, 1.54) is 0 Å². The van der Waals surface area contributed by atoms with E-state index in [1.54, 1.807) is 0 Å². The minimum Gasteiger partial charge on any atom is -0.481 e. The molecule has 0 saturated carbocycles. The molecule has 1 rings (SSSR count). The van der Waals surface area contributed by atoms with Gasteiger partial charge < -0.3 is 15.1 Å². The molecule has 2 N–H and O–H groups in total. The summed E-state index contributed by atoms with van der Waals surface area (Å²) >= 11 is 0. The lowest BCUT2D eigenvalue weighted by molar-refractivity contribution is -0.138. The van der Waals surface area contributed by atoms with Crippen LogP contribution in [-0.2, 0) is 4.79 Å². The molecule has 0 amide bonds. The van der Waals surface area contributed by atoms with Crippen LogP contribution < -0.4 is 0 Å². The molecule has 2 unspecified atom stereocenters. The van der Waals surface area contributed by atoms with Crippen LogP contribution in [0.2, 0.25) is 0 Å². The first-order valence-corrected chi connectivity index (χ1v) is 3.68. The van der Waals surface area contributed by atoms with Crippen molar-refractivity contribution in [2.75, 3.05) is 20.1 Å². The van der Waals surface area contributed by atoms with Gasteiger partial charge >= 0.3 is 5.97 Å². The Bertz CT molecular complexity index is 165. The number of nitrogens with zero attached hydrogens (tertiary/aromatic N) is 1. The third kappa shape index (κ3) is 2.97. The minimum absolute atomic E-state index is 0. The Morgan fingerprint density at radius 3 is 2.50 bits per heavy atom. The number of aliphatic hydroxyl groups is 1. The van der Waals surface area contributed by atoms with Gasteiger partial charge in [0.05, 0.1) is 12.5 Å². The molecule has 0 radical (unpaired) electrons. The number of aliphatic carboxylic acids is 1. The van der Waals surface area contributed by atoms with Crippen LogP contribution in [0.5, 0.6) is 0 Å². The molecule has 1 saturated heterocycles. The number of aliphatic hydroxyl groups excluding tert-OH is 1. The highest BCUT2D eigenvalue weighted by atomic mass is 35.5. The molecule has 1 aliphatic heterocycles. The maximum atomic E-state index is 10.3. The first-order chi connectivity index (χ1) is 5.09. The summed E-state index contributed by atoms with van der Waals surface area (Å²) in [4.78, 5) is 12.2. The molecule has 72 valence electrons. The zero-order valence-electron chi connectivity index (χ0n) is 6.93. The molecule has 5 heteroatoms. The van der Waals surface area contributed by atoms with Gasteiger partial charge in [-0.2, -0.15) is 0 Å². The Labute approximate surface area is 77.6 Å². The van der Waals surface area contributed by atoms with Crippen molar-refractivity contribution >= 4 is 18.4 Å². The monoisotopic (exact) mass is 195 g/mol. The third-order valence-electron chi connectivity index (χ3n) is 2.03. The number of halogens is 1. The molecule has 4 nitrogen and oxygen atoms in total. The van der Waals surface area contributed by atoms with Crippen molar-refractivity contribution in [3.05, 3.63) is 0 Å².